The molecule has 0 unspecified atom stereocenters. The lowest BCUT2D eigenvalue weighted by Gasteiger charge is -2.18. The van der Waals surface area contributed by atoms with Gasteiger partial charge in [0.2, 0.25) is 10.0 Å². The lowest BCUT2D eigenvalue weighted by molar-refractivity contribution is 0.316. The van der Waals surface area contributed by atoms with E-state index >= 15 is 0 Å². The Morgan fingerprint density at radius 3 is 2.44 bits per heavy atom. The van der Waals surface area contributed by atoms with Crippen LogP contribution in [0.25, 0.3) is 0 Å². The Balaban J connectivity index is 3.93. The van der Waals surface area contributed by atoms with Gasteiger partial charge in [-0.25, -0.2) is 13.1 Å². The van der Waals surface area contributed by atoms with Crippen LogP contribution in [0.15, 0.2) is 5.16 Å². The molecular formula is C9H21N3O3S. The number of hydrogen-bond acceptors (Lipinski definition) is 4. The fourth-order valence-corrected chi connectivity index (χ4v) is 2.87. The van der Waals surface area contributed by atoms with Crippen molar-refractivity contribution < 1.29 is 13.6 Å². The number of nitrogens with zero attached hydrogens (tertiary/aromatic N) is 1. The van der Waals surface area contributed by atoms with E-state index in [-0.39, 0.29) is 17.0 Å². The van der Waals surface area contributed by atoms with Gasteiger partial charge in [0.05, 0.1) is 5.75 Å². The van der Waals surface area contributed by atoms with Gasteiger partial charge in [-0.3, -0.25) is 0 Å². The first kappa shape index (κ1) is 15.2. The maximum absolute atomic E-state index is 11.5. The van der Waals surface area contributed by atoms with E-state index in [2.05, 4.69) is 9.88 Å². The lowest BCUT2D eigenvalue weighted by Crippen LogP contribution is -2.33. The van der Waals surface area contributed by atoms with Crippen LogP contribution >= 0.6 is 0 Å². The van der Waals surface area contributed by atoms with Crippen molar-refractivity contribution in [1.82, 2.24) is 4.72 Å². The maximum Gasteiger partial charge on any atom is 0.212 e. The molecule has 0 radical (unpaired) electrons. The van der Waals surface area contributed by atoms with Crippen LogP contribution < -0.4 is 10.5 Å². The van der Waals surface area contributed by atoms with Gasteiger partial charge in [-0.1, -0.05) is 25.9 Å². The molecule has 0 saturated carbocycles. The van der Waals surface area contributed by atoms with Crippen LogP contribution in [0.1, 0.15) is 33.6 Å². The average Bonchev–Trinajstić information content (AvgIpc) is 2.08. The first-order valence-electron chi connectivity index (χ1n) is 5.10. The molecule has 0 aromatic heterocycles. The zero-order chi connectivity index (χ0) is 12.8. The summed E-state index contributed by atoms with van der Waals surface area (Å²) in [5, 5.41) is 11.1. The highest BCUT2D eigenvalue weighted by molar-refractivity contribution is 7.89. The molecule has 0 aliphatic rings. The van der Waals surface area contributed by atoms with E-state index in [9.17, 15) is 8.42 Å². The van der Waals surface area contributed by atoms with E-state index in [1.54, 1.807) is 0 Å². The minimum Gasteiger partial charge on any atom is -0.409 e. The van der Waals surface area contributed by atoms with E-state index in [0.29, 0.717) is 19.4 Å². The molecule has 4 N–H and O–H groups in total. The molecule has 0 aromatic rings. The zero-order valence-electron chi connectivity index (χ0n) is 10.0. The highest BCUT2D eigenvalue weighted by Crippen LogP contribution is 2.15. The third-order valence-electron chi connectivity index (χ3n) is 1.68. The van der Waals surface area contributed by atoms with Gasteiger partial charge >= 0.3 is 0 Å². The van der Waals surface area contributed by atoms with Crippen LogP contribution in [-0.4, -0.2) is 31.8 Å². The first-order valence-corrected chi connectivity index (χ1v) is 6.75. The number of amidine groups is 1. The number of nitrogens with one attached hydrogen (secondary N) is 1. The maximum atomic E-state index is 11.5. The Morgan fingerprint density at radius 1 is 1.44 bits per heavy atom. The summed E-state index contributed by atoms with van der Waals surface area (Å²) in [6, 6.07) is 0. The summed E-state index contributed by atoms with van der Waals surface area (Å²) in [6.07, 6.45) is 0.883. The molecule has 0 aliphatic carbocycles. The third kappa shape index (κ3) is 8.49. The normalized spacial score (nSPS) is 14.1. The third-order valence-corrected chi connectivity index (χ3v) is 3.57. The SMILES string of the molecule is CC(C)(C)CS(=O)(=O)NCCCC(N)=NO. The molecule has 0 fully saturated rings. The van der Waals surface area contributed by atoms with Gasteiger partial charge < -0.3 is 10.9 Å². The van der Waals surface area contributed by atoms with E-state index in [1.165, 1.54) is 0 Å². The monoisotopic (exact) mass is 251 g/mol. The van der Waals surface area contributed by atoms with Gasteiger partial charge in [0.1, 0.15) is 5.84 Å². The Hall–Kier alpha value is -0.820. The van der Waals surface area contributed by atoms with Crippen LogP contribution in [0.3, 0.4) is 0 Å². The zero-order valence-corrected chi connectivity index (χ0v) is 10.8. The number of hydrogen-bond donors (Lipinski definition) is 3. The van der Waals surface area contributed by atoms with Gasteiger partial charge in [-0.15, -0.1) is 0 Å². The molecule has 0 atom stereocenters. The summed E-state index contributed by atoms with van der Waals surface area (Å²) in [7, 11) is -3.24. The highest BCUT2D eigenvalue weighted by atomic mass is 32.2. The molecule has 16 heavy (non-hydrogen) atoms. The second-order valence-corrected chi connectivity index (χ2v) is 6.72. The van der Waals surface area contributed by atoms with Crippen molar-refractivity contribution in [1.29, 1.82) is 0 Å². The van der Waals surface area contributed by atoms with Crippen LogP contribution in [0, 0.1) is 5.41 Å². The van der Waals surface area contributed by atoms with Crippen molar-refractivity contribution >= 4 is 15.9 Å². The standard InChI is InChI=1S/C9H21N3O3S/c1-9(2,3)7-16(14,15)11-6-4-5-8(10)12-13/h11,13H,4-7H2,1-3H3,(H2,10,12). The predicted octanol–water partition coefficient (Wildman–Crippen LogP) is 0.479. The summed E-state index contributed by atoms with van der Waals surface area (Å²) in [5.41, 5.74) is 4.98. The predicted molar refractivity (Wildman–Crippen MR) is 63.9 cm³/mol. The van der Waals surface area contributed by atoms with Crippen LogP contribution in [0.4, 0.5) is 0 Å². The van der Waals surface area contributed by atoms with E-state index in [1.807, 2.05) is 20.8 Å². The molecule has 6 nitrogen and oxygen atoms in total. The Labute approximate surface area is 97.0 Å². The van der Waals surface area contributed by atoms with Crippen LogP contribution in [-0.2, 0) is 10.0 Å². The minimum atomic E-state index is -3.24. The van der Waals surface area contributed by atoms with Crippen molar-refractivity contribution in [2.75, 3.05) is 12.3 Å². The van der Waals surface area contributed by atoms with Crippen molar-refractivity contribution in [2.45, 2.75) is 33.6 Å². The Kier molecular flexibility index (Phi) is 5.74. The second kappa shape index (κ2) is 6.05. The molecule has 0 bridgehead atoms. The van der Waals surface area contributed by atoms with Gasteiger partial charge in [0.25, 0.3) is 0 Å². The summed E-state index contributed by atoms with van der Waals surface area (Å²) >= 11 is 0. The molecule has 0 saturated heterocycles. The molecule has 0 rings (SSSR count). The van der Waals surface area contributed by atoms with E-state index < -0.39 is 10.0 Å². The fourth-order valence-electron chi connectivity index (χ4n) is 1.17. The number of oxime groups is 1. The highest BCUT2D eigenvalue weighted by Gasteiger charge is 2.20. The molecule has 0 spiro atoms. The molecular weight excluding hydrogens is 230 g/mol. The quantitative estimate of drug-likeness (QED) is 0.210. The second-order valence-electron chi connectivity index (χ2n) is 4.91. The van der Waals surface area contributed by atoms with Crippen molar-refractivity contribution in [3.8, 4) is 0 Å². The Bertz CT molecular complexity index is 330. The van der Waals surface area contributed by atoms with E-state index in [4.69, 9.17) is 10.9 Å². The van der Waals surface area contributed by atoms with Gasteiger partial charge in [-0.05, 0) is 11.8 Å². The number of nitrogens with two attached hydrogens (primary N) is 1. The lowest BCUT2D eigenvalue weighted by atomic mass is 10.0. The van der Waals surface area contributed by atoms with Crippen molar-refractivity contribution in [3.63, 3.8) is 0 Å². The molecule has 0 aromatic carbocycles. The average molecular weight is 251 g/mol. The number of sulfonamides is 1. The van der Waals surface area contributed by atoms with Crippen LogP contribution in [0.5, 0.6) is 0 Å². The van der Waals surface area contributed by atoms with Gasteiger partial charge in [0, 0.05) is 13.0 Å². The Morgan fingerprint density at radius 2 is 2.00 bits per heavy atom. The molecule has 0 amide bonds. The summed E-state index contributed by atoms with van der Waals surface area (Å²) in [5.74, 6) is 0.193. The van der Waals surface area contributed by atoms with E-state index in [0.717, 1.165) is 0 Å². The molecule has 96 valence electrons. The summed E-state index contributed by atoms with van der Waals surface area (Å²) < 4.78 is 25.6. The summed E-state index contributed by atoms with van der Waals surface area (Å²) in [4.78, 5) is 0. The fraction of sp³-hybridized carbons (Fsp3) is 0.889. The largest absolute Gasteiger partial charge is 0.409 e. The molecule has 0 aliphatic heterocycles. The van der Waals surface area contributed by atoms with Gasteiger partial charge in [-0.2, -0.15) is 0 Å². The minimum absolute atomic E-state index is 0.0869. The van der Waals surface area contributed by atoms with Crippen molar-refractivity contribution in [3.05, 3.63) is 0 Å². The van der Waals surface area contributed by atoms with Gasteiger partial charge in [0.15, 0.2) is 0 Å². The van der Waals surface area contributed by atoms with Crippen molar-refractivity contribution in [2.24, 2.45) is 16.3 Å². The summed E-state index contributed by atoms with van der Waals surface area (Å²) in [6.45, 7) is 5.89. The van der Waals surface area contributed by atoms with Crippen LogP contribution in [0.2, 0.25) is 0 Å². The molecule has 0 heterocycles. The molecule has 7 heteroatoms. The number of rotatable bonds is 6. The first-order chi connectivity index (χ1) is 7.16. The topological polar surface area (TPSA) is 105 Å². The smallest absolute Gasteiger partial charge is 0.212 e.